The van der Waals surface area contributed by atoms with Gasteiger partial charge in [-0.2, -0.15) is 5.56 Å². The Morgan fingerprint density at radius 3 is 1.69 bits per heavy atom. The molecule has 0 aliphatic carbocycles. The van der Waals surface area contributed by atoms with Crippen LogP contribution in [0.25, 0.3) is 10.8 Å². The van der Waals surface area contributed by atoms with Gasteiger partial charge in [-0.3, -0.25) is 0 Å². The van der Waals surface area contributed by atoms with E-state index in [2.05, 4.69) is 48.5 Å². The summed E-state index contributed by atoms with van der Waals surface area (Å²) >= 11 is 0. The van der Waals surface area contributed by atoms with Crippen LogP contribution in [0.5, 0.6) is 0 Å². The molecule has 86 valence electrons. The summed E-state index contributed by atoms with van der Waals surface area (Å²) in [7, 11) is 0. The van der Waals surface area contributed by atoms with Crippen molar-refractivity contribution in [2.45, 2.75) is 48.5 Å². The molecule has 2 aromatic rings. The second kappa shape index (κ2) is 3.41. The zero-order valence-corrected chi connectivity index (χ0v) is 11.5. The number of aryl methyl sites for hydroxylation is 4. The Morgan fingerprint density at radius 2 is 1.12 bits per heavy atom. The van der Waals surface area contributed by atoms with Crippen LogP contribution in [0.4, 0.5) is 0 Å². The maximum absolute atomic E-state index is 2.26. The third-order valence-electron chi connectivity index (χ3n) is 4.56. The standard InChI is InChI=1S/C16H21/c1-8-9(2)12(5)16-14(7)10(3)13(6)15(16)11(8)4/h1-7H3/q-1. The molecule has 0 heterocycles. The Labute approximate surface area is 98.7 Å². The van der Waals surface area contributed by atoms with Gasteiger partial charge in [0.2, 0.25) is 0 Å². The van der Waals surface area contributed by atoms with Gasteiger partial charge in [0.25, 0.3) is 0 Å². The molecular weight excluding hydrogens is 192 g/mol. The molecule has 0 aromatic heterocycles. The lowest BCUT2D eigenvalue weighted by Crippen LogP contribution is -1.93. The van der Waals surface area contributed by atoms with Crippen molar-refractivity contribution in [2.75, 3.05) is 0 Å². The Bertz CT molecular complexity index is 529. The van der Waals surface area contributed by atoms with Gasteiger partial charge in [-0.15, -0.1) is 27.5 Å². The summed E-state index contributed by atoms with van der Waals surface area (Å²) < 4.78 is 0. The van der Waals surface area contributed by atoms with Gasteiger partial charge < -0.3 is 0 Å². The molecule has 16 heavy (non-hydrogen) atoms. The van der Waals surface area contributed by atoms with Crippen molar-refractivity contribution in [1.29, 1.82) is 0 Å². The molecule has 0 heteroatoms. The van der Waals surface area contributed by atoms with Crippen LogP contribution in [0.2, 0.25) is 0 Å². The lowest BCUT2D eigenvalue weighted by Gasteiger charge is -2.19. The fourth-order valence-corrected chi connectivity index (χ4v) is 2.91. The highest BCUT2D eigenvalue weighted by Gasteiger charge is 2.08. The predicted molar refractivity (Wildman–Crippen MR) is 72.7 cm³/mol. The van der Waals surface area contributed by atoms with Gasteiger partial charge >= 0.3 is 0 Å². The minimum atomic E-state index is 1.46. The van der Waals surface area contributed by atoms with E-state index in [1.165, 1.54) is 49.7 Å². The average molecular weight is 213 g/mol. The SMILES string of the molecule is Cc1c(C)c(C)c2c(c1C)c(C)c(C)[c-]2C. The van der Waals surface area contributed by atoms with Crippen molar-refractivity contribution >= 4 is 10.8 Å². The molecule has 0 fully saturated rings. The molecule has 0 unspecified atom stereocenters. The van der Waals surface area contributed by atoms with Crippen molar-refractivity contribution in [1.82, 2.24) is 0 Å². The van der Waals surface area contributed by atoms with Crippen LogP contribution >= 0.6 is 0 Å². The molecule has 0 saturated heterocycles. The summed E-state index contributed by atoms with van der Waals surface area (Å²) in [6, 6.07) is 0. The average Bonchev–Trinajstić information content (AvgIpc) is 2.48. The largest absolute Gasteiger partial charge is 0.153 e. The van der Waals surface area contributed by atoms with Crippen molar-refractivity contribution in [3.8, 4) is 0 Å². The van der Waals surface area contributed by atoms with Gasteiger partial charge in [-0.25, -0.2) is 0 Å². The Kier molecular flexibility index (Phi) is 2.41. The highest BCUT2D eigenvalue weighted by Crippen LogP contribution is 2.37. The lowest BCUT2D eigenvalue weighted by molar-refractivity contribution is 1.25. The normalized spacial score (nSPS) is 11.4. The van der Waals surface area contributed by atoms with E-state index in [1.807, 2.05) is 0 Å². The summed E-state index contributed by atoms with van der Waals surface area (Å²) in [4.78, 5) is 0. The molecule has 0 saturated carbocycles. The predicted octanol–water partition coefficient (Wildman–Crippen LogP) is 4.72. The van der Waals surface area contributed by atoms with Crippen LogP contribution in [0.15, 0.2) is 0 Å². The summed E-state index contributed by atoms with van der Waals surface area (Å²) in [5.74, 6) is 0. The van der Waals surface area contributed by atoms with Gasteiger partial charge in [0.15, 0.2) is 0 Å². The van der Waals surface area contributed by atoms with Crippen LogP contribution in [0.3, 0.4) is 0 Å². The van der Waals surface area contributed by atoms with Gasteiger partial charge in [0.1, 0.15) is 0 Å². The molecule has 2 rings (SSSR count). The van der Waals surface area contributed by atoms with Crippen molar-refractivity contribution in [3.63, 3.8) is 0 Å². The molecule has 0 bridgehead atoms. The maximum atomic E-state index is 2.26. The molecule has 0 amide bonds. The highest BCUT2D eigenvalue weighted by atomic mass is 14.2. The van der Waals surface area contributed by atoms with E-state index in [1.54, 1.807) is 0 Å². The molecule has 0 aliphatic heterocycles. The second-order valence-corrected chi connectivity index (χ2v) is 5.12. The topological polar surface area (TPSA) is 0 Å². The van der Waals surface area contributed by atoms with Crippen LogP contribution in [0.1, 0.15) is 38.9 Å². The Hall–Kier alpha value is -1.17. The third kappa shape index (κ3) is 1.19. The van der Waals surface area contributed by atoms with Crippen LogP contribution in [-0.4, -0.2) is 0 Å². The molecular formula is C16H21-. The summed E-state index contributed by atoms with van der Waals surface area (Å²) in [6.07, 6.45) is 0. The molecule has 0 atom stereocenters. The van der Waals surface area contributed by atoms with E-state index >= 15 is 0 Å². The first-order valence-electron chi connectivity index (χ1n) is 6.00. The molecule has 0 nitrogen and oxygen atoms in total. The van der Waals surface area contributed by atoms with Gasteiger partial charge in [-0.1, -0.05) is 44.4 Å². The molecule has 0 N–H and O–H groups in total. The van der Waals surface area contributed by atoms with E-state index in [0.717, 1.165) is 0 Å². The van der Waals surface area contributed by atoms with Crippen LogP contribution in [0, 0.1) is 48.5 Å². The number of hydrogen-bond donors (Lipinski definition) is 0. The fraction of sp³-hybridized carbons (Fsp3) is 0.438. The van der Waals surface area contributed by atoms with Crippen molar-refractivity contribution in [3.05, 3.63) is 38.9 Å². The lowest BCUT2D eigenvalue weighted by atomic mass is 9.92. The third-order valence-corrected chi connectivity index (χ3v) is 4.56. The summed E-state index contributed by atoms with van der Waals surface area (Å²) in [5.41, 5.74) is 10.2. The minimum absolute atomic E-state index is 1.46. The minimum Gasteiger partial charge on any atom is -0.153 e. The Morgan fingerprint density at radius 1 is 0.625 bits per heavy atom. The van der Waals surface area contributed by atoms with E-state index in [-0.39, 0.29) is 0 Å². The first-order valence-corrected chi connectivity index (χ1v) is 6.00. The zero-order valence-electron chi connectivity index (χ0n) is 11.5. The highest BCUT2D eigenvalue weighted by molar-refractivity contribution is 5.98. The zero-order chi connectivity index (χ0) is 12.2. The first kappa shape index (κ1) is 11.3. The first-order chi connectivity index (χ1) is 7.37. The number of rotatable bonds is 0. The Balaban J connectivity index is 3.15. The van der Waals surface area contributed by atoms with Crippen molar-refractivity contribution < 1.29 is 0 Å². The van der Waals surface area contributed by atoms with E-state index < -0.39 is 0 Å². The maximum Gasteiger partial charge on any atom is -0.0408 e. The van der Waals surface area contributed by atoms with Gasteiger partial charge in [-0.05, 0) is 20.8 Å². The molecule has 0 aliphatic rings. The summed E-state index contributed by atoms with van der Waals surface area (Å²) in [6.45, 7) is 15.8. The molecule has 0 radical (unpaired) electrons. The van der Waals surface area contributed by atoms with Crippen LogP contribution in [-0.2, 0) is 0 Å². The molecule has 0 spiro atoms. The number of benzene rings is 1. The number of fused-ring (bicyclic) bond motifs is 1. The van der Waals surface area contributed by atoms with E-state index in [0.29, 0.717) is 0 Å². The van der Waals surface area contributed by atoms with Gasteiger partial charge in [0.05, 0.1) is 0 Å². The molecule has 2 aromatic carbocycles. The monoisotopic (exact) mass is 213 g/mol. The smallest absolute Gasteiger partial charge is 0.0408 e. The number of hydrogen-bond acceptors (Lipinski definition) is 0. The quantitative estimate of drug-likeness (QED) is 0.556. The summed E-state index contributed by atoms with van der Waals surface area (Å²) in [5, 5.41) is 2.99. The van der Waals surface area contributed by atoms with E-state index in [9.17, 15) is 0 Å². The van der Waals surface area contributed by atoms with Gasteiger partial charge in [0, 0.05) is 0 Å². The van der Waals surface area contributed by atoms with Crippen molar-refractivity contribution in [2.24, 2.45) is 0 Å². The van der Waals surface area contributed by atoms with Crippen LogP contribution < -0.4 is 0 Å². The second-order valence-electron chi connectivity index (χ2n) is 5.12. The fourth-order valence-electron chi connectivity index (χ4n) is 2.91. The van der Waals surface area contributed by atoms with E-state index in [4.69, 9.17) is 0 Å².